The zero-order valence-electron chi connectivity index (χ0n) is 10.1. The minimum absolute atomic E-state index is 0.153. The molecule has 7 heteroatoms. The highest BCUT2D eigenvalue weighted by atomic mass is 16.7. The minimum Gasteiger partial charge on any atom is -0.312 e. The van der Waals surface area contributed by atoms with E-state index < -0.39 is 0 Å². The van der Waals surface area contributed by atoms with Crippen LogP contribution < -0.4 is 10.8 Å². The van der Waals surface area contributed by atoms with Crippen molar-refractivity contribution in [1.82, 2.24) is 25.8 Å². The predicted octanol–water partition coefficient (Wildman–Crippen LogP) is 0.0264. The third kappa shape index (κ3) is 2.37. The minimum atomic E-state index is -0.319. The molecular weight excluding hydrogens is 234 g/mol. The van der Waals surface area contributed by atoms with Gasteiger partial charge in [-0.3, -0.25) is 9.63 Å². The molecule has 98 valence electrons. The lowest BCUT2D eigenvalue weighted by Gasteiger charge is -2.26. The van der Waals surface area contributed by atoms with Crippen molar-refractivity contribution < 1.29 is 9.63 Å². The van der Waals surface area contributed by atoms with E-state index in [0.29, 0.717) is 11.7 Å². The van der Waals surface area contributed by atoms with Crippen molar-refractivity contribution in [3.8, 4) is 0 Å². The normalized spacial score (nSPS) is 20.9. The fraction of sp³-hybridized carbons (Fsp3) is 0.727. The number of hydroxylamine groups is 1. The largest absolute Gasteiger partial charge is 0.312 e. The van der Waals surface area contributed by atoms with Gasteiger partial charge in [-0.25, -0.2) is 10.2 Å². The van der Waals surface area contributed by atoms with Gasteiger partial charge in [-0.1, -0.05) is 18.1 Å². The summed E-state index contributed by atoms with van der Waals surface area (Å²) in [6.45, 7) is 1.76. The second-order valence-corrected chi connectivity index (χ2v) is 4.85. The Bertz CT molecular complexity index is 423. The van der Waals surface area contributed by atoms with E-state index in [1.165, 1.54) is 12.8 Å². The molecule has 1 amide bonds. The number of nitrogens with one attached hydrogen (secondary N) is 2. The molecule has 2 fully saturated rings. The number of hydrogen-bond acceptors (Lipinski definition) is 5. The molecule has 2 heterocycles. The van der Waals surface area contributed by atoms with Gasteiger partial charge in [0, 0.05) is 13.1 Å². The van der Waals surface area contributed by atoms with E-state index in [4.69, 9.17) is 4.84 Å². The van der Waals surface area contributed by atoms with Crippen LogP contribution in [-0.4, -0.2) is 40.1 Å². The summed E-state index contributed by atoms with van der Waals surface area (Å²) in [5.41, 5.74) is 2.76. The molecule has 0 atom stereocenters. The molecule has 1 saturated heterocycles. The predicted molar refractivity (Wildman–Crippen MR) is 62.7 cm³/mol. The summed E-state index contributed by atoms with van der Waals surface area (Å²) in [4.78, 5) is 17.1. The van der Waals surface area contributed by atoms with Gasteiger partial charge >= 0.3 is 0 Å². The molecule has 0 bridgehead atoms. The van der Waals surface area contributed by atoms with Gasteiger partial charge in [0.15, 0.2) is 5.69 Å². The van der Waals surface area contributed by atoms with Crippen molar-refractivity contribution in [3.05, 3.63) is 11.9 Å². The van der Waals surface area contributed by atoms with Crippen molar-refractivity contribution in [1.29, 1.82) is 0 Å². The third-order valence-corrected chi connectivity index (χ3v) is 3.50. The standard InChI is InChI=1S/C11H17N5O2/c17-11(14-18-9-3-1-2-4-9)10-7-16(15-13-10)8-5-12-6-8/h7-9,12H,1-6H2,(H,14,17). The van der Waals surface area contributed by atoms with Gasteiger partial charge in [-0.05, 0) is 12.8 Å². The quantitative estimate of drug-likeness (QED) is 0.738. The average Bonchev–Trinajstić information content (AvgIpc) is 2.94. The summed E-state index contributed by atoms with van der Waals surface area (Å²) in [5, 5.41) is 11.0. The summed E-state index contributed by atoms with van der Waals surface area (Å²) in [7, 11) is 0. The Labute approximate surface area is 105 Å². The van der Waals surface area contributed by atoms with E-state index in [9.17, 15) is 4.79 Å². The highest BCUT2D eigenvalue weighted by Crippen LogP contribution is 2.20. The van der Waals surface area contributed by atoms with Crippen molar-refractivity contribution in [3.63, 3.8) is 0 Å². The lowest BCUT2D eigenvalue weighted by Crippen LogP contribution is -2.43. The van der Waals surface area contributed by atoms with Crippen molar-refractivity contribution in [2.75, 3.05) is 13.1 Å². The molecule has 1 aliphatic carbocycles. The molecule has 1 aromatic rings. The zero-order valence-corrected chi connectivity index (χ0v) is 10.1. The van der Waals surface area contributed by atoms with Gasteiger partial charge in [0.1, 0.15) is 0 Å². The summed E-state index contributed by atoms with van der Waals surface area (Å²) in [6.07, 6.45) is 6.19. The number of carbonyl (C=O) groups is 1. The highest BCUT2D eigenvalue weighted by molar-refractivity contribution is 5.91. The van der Waals surface area contributed by atoms with E-state index in [2.05, 4.69) is 21.1 Å². The molecule has 0 radical (unpaired) electrons. The van der Waals surface area contributed by atoms with E-state index >= 15 is 0 Å². The first-order valence-electron chi connectivity index (χ1n) is 6.41. The Balaban J connectivity index is 1.52. The van der Waals surface area contributed by atoms with E-state index in [1.54, 1.807) is 10.9 Å². The lowest BCUT2D eigenvalue weighted by molar-refractivity contribution is -0.0127. The highest BCUT2D eigenvalue weighted by Gasteiger charge is 2.22. The van der Waals surface area contributed by atoms with Crippen LogP contribution in [0.25, 0.3) is 0 Å². The molecule has 1 aromatic heterocycles. The van der Waals surface area contributed by atoms with Crippen LogP contribution in [0, 0.1) is 0 Å². The fourth-order valence-corrected chi connectivity index (χ4v) is 2.22. The van der Waals surface area contributed by atoms with E-state index in [1.807, 2.05) is 0 Å². The van der Waals surface area contributed by atoms with Crippen molar-refractivity contribution in [2.45, 2.75) is 37.8 Å². The molecule has 18 heavy (non-hydrogen) atoms. The van der Waals surface area contributed by atoms with Gasteiger partial charge in [0.05, 0.1) is 18.3 Å². The number of carbonyl (C=O) groups excluding carboxylic acids is 1. The van der Waals surface area contributed by atoms with Crippen LogP contribution >= 0.6 is 0 Å². The second-order valence-electron chi connectivity index (χ2n) is 4.85. The van der Waals surface area contributed by atoms with E-state index in [0.717, 1.165) is 25.9 Å². The number of amides is 1. The first-order valence-corrected chi connectivity index (χ1v) is 6.41. The van der Waals surface area contributed by atoms with Gasteiger partial charge < -0.3 is 5.32 Å². The molecular formula is C11H17N5O2. The molecule has 1 saturated carbocycles. The molecule has 2 N–H and O–H groups in total. The van der Waals surface area contributed by atoms with Crippen LogP contribution in [0.3, 0.4) is 0 Å². The Kier molecular flexibility index (Phi) is 3.24. The van der Waals surface area contributed by atoms with Crippen LogP contribution in [-0.2, 0) is 4.84 Å². The smallest absolute Gasteiger partial charge is 0.297 e. The zero-order chi connectivity index (χ0) is 12.4. The number of nitrogens with zero attached hydrogens (tertiary/aromatic N) is 3. The maximum atomic E-state index is 11.8. The average molecular weight is 251 g/mol. The second kappa shape index (κ2) is 5.03. The number of rotatable bonds is 4. The Morgan fingerprint density at radius 2 is 2.22 bits per heavy atom. The van der Waals surface area contributed by atoms with Crippen LogP contribution in [0.4, 0.5) is 0 Å². The van der Waals surface area contributed by atoms with Crippen molar-refractivity contribution in [2.24, 2.45) is 0 Å². The van der Waals surface area contributed by atoms with Crippen LogP contribution in [0.1, 0.15) is 42.2 Å². The molecule has 3 rings (SSSR count). The Hall–Kier alpha value is -1.47. The van der Waals surface area contributed by atoms with Crippen LogP contribution in [0.2, 0.25) is 0 Å². The first-order chi connectivity index (χ1) is 8.83. The Morgan fingerprint density at radius 3 is 2.89 bits per heavy atom. The number of hydrogen-bond donors (Lipinski definition) is 2. The molecule has 0 aromatic carbocycles. The fourth-order valence-electron chi connectivity index (χ4n) is 2.22. The monoisotopic (exact) mass is 251 g/mol. The van der Waals surface area contributed by atoms with Gasteiger partial charge in [0.25, 0.3) is 5.91 Å². The Morgan fingerprint density at radius 1 is 1.44 bits per heavy atom. The van der Waals surface area contributed by atoms with E-state index in [-0.39, 0.29) is 12.0 Å². The topological polar surface area (TPSA) is 81.1 Å². The first kappa shape index (κ1) is 11.6. The van der Waals surface area contributed by atoms with Crippen LogP contribution in [0.15, 0.2) is 6.20 Å². The summed E-state index contributed by atoms with van der Waals surface area (Å²) < 4.78 is 1.72. The number of aromatic nitrogens is 3. The summed E-state index contributed by atoms with van der Waals surface area (Å²) in [6, 6.07) is 0.315. The van der Waals surface area contributed by atoms with Crippen LogP contribution in [0.5, 0.6) is 0 Å². The van der Waals surface area contributed by atoms with Crippen molar-refractivity contribution >= 4 is 5.91 Å². The molecule has 2 aliphatic rings. The molecule has 1 aliphatic heterocycles. The SMILES string of the molecule is O=C(NOC1CCCC1)c1cn(C2CNC2)nn1. The molecule has 0 unspecified atom stereocenters. The molecule has 7 nitrogen and oxygen atoms in total. The molecule has 0 spiro atoms. The van der Waals surface area contributed by atoms with Gasteiger partial charge in [-0.2, -0.15) is 0 Å². The summed E-state index contributed by atoms with van der Waals surface area (Å²) in [5.74, 6) is -0.319. The van der Waals surface area contributed by atoms with Gasteiger partial charge in [-0.15, -0.1) is 5.10 Å². The maximum Gasteiger partial charge on any atom is 0.297 e. The summed E-state index contributed by atoms with van der Waals surface area (Å²) >= 11 is 0. The maximum absolute atomic E-state index is 11.8. The third-order valence-electron chi connectivity index (χ3n) is 3.50. The lowest BCUT2D eigenvalue weighted by atomic mass is 10.2. The van der Waals surface area contributed by atoms with Gasteiger partial charge in [0.2, 0.25) is 0 Å².